The van der Waals surface area contributed by atoms with Crippen molar-refractivity contribution in [3.8, 4) is 0 Å². The minimum absolute atomic E-state index is 0.234. The number of hydrogen-bond donors (Lipinski definition) is 1. The SMILES string of the molecule is Cc1c(CBr)n[nH]c(=O)c1C(C)(F)F. The quantitative estimate of drug-likeness (QED) is 0.834. The van der Waals surface area contributed by atoms with Crippen LogP contribution in [0.15, 0.2) is 4.79 Å². The largest absolute Gasteiger partial charge is 0.276 e. The second kappa shape index (κ2) is 3.76. The van der Waals surface area contributed by atoms with Gasteiger partial charge in [-0.1, -0.05) is 15.9 Å². The van der Waals surface area contributed by atoms with Crippen molar-refractivity contribution in [2.24, 2.45) is 0 Å². The predicted molar refractivity (Wildman–Crippen MR) is 51.8 cm³/mol. The minimum atomic E-state index is -3.14. The van der Waals surface area contributed by atoms with E-state index in [1.165, 1.54) is 6.92 Å². The Morgan fingerprint density at radius 2 is 2.14 bits per heavy atom. The number of halogens is 3. The molecule has 0 saturated heterocycles. The number of aromatic nitrogens is 2. The Hall–Kier alpha value is -0.780. The molecular weight excluding hydrogens is 258 g/mol. The molecule has 0 aliphatic rings. The van der Waals surface area contributed by atoms with Crippen LogP contribution in [-0.4, -0.2) is 10.2 Å². The molecule has 0 saturated carbocycles. The van der Waals surface area contributed by atoms with E-state index in [4.69, 9.17) is 0 Å². The van der Waals surface area contributed by atoms with Gasteiger partial charge in [0.15, 0.2) is 0 Å². The first-order valence-corrected chi connectivity index (χ1v) is 5.02. The van der Waals surface area contributed by atoms with Gasteiger partial charge in [0.25, 0.3) is 11.5 Å². The lowest BCUT2D eigenvalue weighted by Crippen LogP contribution is -2.26. The maximum Gasteiger partial charge on any atom is 0.276 e. The normalized spacial score (nSPS) is 11.8. The van der Waals surface area contributed by atoms with E-state index in [0.29, 0.717) is 17.9 Å². The van der Waals surface area contributed by atoms with Crippen LogP contribution in [0.2, 0.25) is 0 Å². The van der Waals surface area contributed by atoms with E-state index in [0.717, 1.165) is 0 Å². The average molecular weight is 267 g/mol. The van der Waals surface area contributed by atoms with E-state index >= 15 is 0 Å². The molecule has 6 heteroatoms. The molecule has 14 heavy (non-hydrogen) atoms. The van der Waals surface area contributed by atoms with E-state index in [2.05, 4.69) is 26.1 Å². The van der Waals surface area contributed by atoms with Gasteiger partial charge in [0, 0.05) is 12.3 Å². The fraction of sp³-hybridized carbons (Fsp3) is 0.500. The maximum atomic E-state index is 13.0. The first-order valence-electron chi connectivity index (χ1n) is 3.90. The first-order chi connectivity index (χ1) is 6.38. The van der Waals surface area contributed by atoms with E-state index in [9.17, 15) is 13.6 Å². The summed E-state index contributed by atoms with van der Waals surface area (Å²) in [6, 6.07) is 0. The summed E-state index contributed by atoms with van der Waals surface area (Å²) in [5.41, 5.74) is -0.694. The van der Waals surface area contributed by atoms with Crippen LogP contribution in [0.1, 0.15) is 23.7 Å². The number of aromatic amines is 1. The highest BCUT2D eigenvalue weighted by atomic mass is 79.9. The Kier molecular flexibility index (Phi) is 3.04. The fourth-order valence-corrected chi connectivity index (χ4v) is 1.78. The van der Waals surface area contributed by atoms with E-state index < -0.39 is 17.0 Å². The number of H-pyrrole nitrogens is 1. The topological polar surface area (TPSA) is 45.8 Å². The van der Waals surface area contributed by atoms with Crippen molar-refractivity contribution in [3.63, 3.8) is 0 Å². The summed E-state index contributed by atoms with van der Waals surface area (Å²) in [5.74, 6) is -3.14. The lowest BCUT2D eigenvalue weighted by molar-refractivity contribution is 0.0150. The van der Waals surface area contributed by atoms with Crippen LogP contribution in [0.4, 0.5) is 8.78 Å². The second-order valence-electron chi connectivity index (χ2n) is 3.02. The highest BCUT2D eigenvalue weighted by molar-refractivity contribution is 9.08. The van der Waals surface area contributed by atoms with Gasteiger partial charge in [0.05, 0.1) is 11.3 Å². The van der Waals surface area contributed by atoms with Crippen LogP contribution in [0.5, 0.6) is 0 Å². The summed E-state index contributed by atoms with van der Waals surface area (Å²) in [6.45, 7) is 2.16. The van der Waals surface area contributed by atoms with Gasteiger partial charge in [-0.3, -0.25) is 4.79 Å². The molecule has 0 unspecified atom stereocenters. The lowest BCUT2D eigenvalue weighted by atomic mass is 10.1. The molecule has 1 aromatic rings. The van der Waals surface area contributed by atoms with Crippen LogP contribution in [0, 0.1) is 6.92 Å². The van der Waals surface area contributed by atoms with Crippen molar-refractivity contribution < 1.29 is 8.78 Å². The number of nitrogens with one attached hydrogen (secondary N) is 1. The third-order valence-electron chi connectivity index (χ3n) is 1.89. The highest BCUT2D eigenvalue weighted by Gasteiger charge is 2.31. The molecule has 1 heterocycles. The van der Waals surface area contributed by atoms with Gasteiger partial charge in [-0.15, -0.1) is 0 Å². The van der Waals surface area contributed by atoms with Crippen molar-refractivity contribution in [2.45, 2.75) is 25.1 Å². The third-order valence-corrected chi connectivity index (χ3v) is 2.42. The predicted octanol–water partition coefficient (Wildman–Crippen LogP) is 2.08. The van der Waals surface area contributed by atoms with Crippen LogP contribution in [0.3, 0.4) is 0 Å². The molecule has 0 aliphatic carbocycles. The lowest BCUT2D eigenvalue weighted by Gasteiger charge is -2.13. The zero-order valence-corrected chi connectivity index (χ0v) is 9.28. The van der Waals surface area contributed by atoms with Crippen LogP contribution in [0.25, 0.3) is 0 Å². The van der Waals surface area contributed by atoms with Gasteiger partial charge in [-0.2, -0.15) is 5.10 Å². The molecule has 0 spiro atoms. The number of hydrogen-bond acceptors (Lipinski definition) is 2. The van der Waals surface area contributed by atoms with Crippen molar-refractivity contribution in [3.05, 3.63) is 27.2 Å². The molecular formula is C8H9BrF2N2O. The Morgan fingerprint density at radius 1 is 1.57 bits per heavy atom. The Labute approximate surface area is 87.7 Å². The molecule has 1 aromatic heterocycles. The van der Waals surface area contributed by atoms with Gasteiger partial charge >= 0.3 is 0 Å². The molecule has 1 N–H and O–H groups in total. The summed E-state index contributed by atoms with van der Waals surface area (Å²) in [4.78, 5) is 11.1. The van der Waals surface area contributed by atoms with E-state index in [1.807, 2.05) is 0 Å². The number of nitrogens with zero attached hydrogens (tertiary/aromatic N) is 1. The van der Waals surface area contributed by atoms with Crippen molar-refractivity contribution in [1.82, 2.24) is 10.2 Å². The Bertz CT molecular complexity index is 397. The number of rotatable bonds is 2. The monoisotopic (exact) mass is 266 g/mol. The molecule has 0 aromatic carbocycles. The van der Waals surface area contributed by atoms with Gasteiger partial charge in [0.1, 0.15) is 0 Å². The second-order valence-corrected chi connectivity index (χ2v) is 3.58. The molecule has 0 bridgehead atoms. The van der Waals surface area contributed by atoms with Crippen LogP contribution in [-0.2, 0) is 11.3 Å². The Balaban J connectivity index is 3.49. The number of alkyl halides is 3. The summed E-state index contributed by atoms with van der Waals surface area (Å²) >= 11 is 3.10. The van der Waals surface area contributed by atoms with Crippen LogP contribution < -0.4 is 5.56 Å². The molecule has 78 valence electrons. The fourth-order valence-electron chi connectivity index (χ4n) is 1.23. The molecule has 0 radical (unpaired) electrons. The molecule has 0 amide bonds. The smallest absolute Gasteiger partial charge is 0.267 e. The van der Waals surface area contributed by atoms with Crippen LogP contribution >= 0.6 is 15.9 Å². The summed E-state index contributed by atoms with van der Waals surface area (Å²) in [6.07, 6.45) is 0. The molecule has 0 aliphatic heterocycles. The van der Waals surface area contributed by atoms with Crippen molar-refractivity contribution >= 4 is 15.9 Å². The minimum Gasteiger partial charge on any atom is -0.267 e. The summed E-state index contributed by atoms with van der Waals surface area (Å²) < 4.78 is 26.1. The van der Waals surface area contributed by atoms with E-state index in [-0.39, 0.29) is 5.56 Å². The summed E-state index contributed by atoms with van der Waals surface area (Å²) in [5, 5.41) is 6.04. The average Bonchev–Trinajstić information content (AvgIpc) is 2.02. The van der Waals surface area contributed by atoms with Crippen molar-refractivity contribution in [2.75, 3.05) is 0 Å². The van der Waals surface area contributed by atoms with Crippen molar-refractivity contribution in [1.29, 1.82) is 0 Å². The molecule has 3 nitrogen and oxygen atoms in total. The zero-order chi connectivity index (χ0) is 10.9. The Morgan fingerprint density at radius 3 is 2.57 bits per heavy atom. The summed E-state index contributed by atoms with van der Waals surface area (Å²) in [7, 11) is 0. The third kappa shape index (κ3) is 2.00. The first kappa shape index (κ1) is 11.3. The molecule has 0 atom stereocenters. The van der Waals surface area contributed by atoms with E-state index in [1.54, 1.807) is 0 Å². The van der Waals surface area contributed by atoms with Gasteiger partial charge in [-0.05, 0) is 12.5 Å². The maximum absolute atomic E-state index is 13.0. The molecule has 0 fully saturated rings. The van der Waals surface area contributed by atoms with Gasteiger partial charge in [-0.25, -0.2) is 13.9 Å². The van der Waals surface area contributed by atoms with Gasteiger partial charge < -0.3 is 0 Å². The highest BCUT2D eigenvalue weighted by Crippen LogP contribution is 2.27. The molecule has 1 rings (SSSR count). The van der Waals surface area contributed by atoms with Gasteiger partial charge in [0.2, 0.25) is 0 Å². The standard InChI is InChI=1S/C8H9BrF2N2O/c1-4-5(3-9)12-13-7(14)6(4)8(2,10)11/h3H2,1-2H3,(H,13,14). The zero-order valence-electron chi connectivity index (χ0n) is 7.70.